The van der Waals surface area contributed by atoms with E-state index in [-0.39, 0.29) is 23.1 Å². The SMILES string of the molecule is CC(C(=O)O)=C(C)C(=O)NC1CCCN(C)C1. The molecule has 5 nitrogen and oxygen atoms in total. The van der Waals surface area contributed by atoms with Crippen LogP contribution in [0.3, 0.4) is 0 Å². The van der Waals surface area contributed by atoms with Crippen LogP contribution in [0.2, 0.25) is 0 Å². The summed E-state index contributed by atoms with van der Waals surface area (Å²) in [5, 5.41) is 11.7. The summed E-state index contributed by atoms with van der Waals surface area (Å²) in [4.78, 5) is 24.7. The van der Waals surface area contributed by atoms with Gasteiger partial charge in [0.2, 0.25) is 5.91 Å². The molecule has 0 aromatic heterocycles. The Hall–Kier alpha value is -1.36. The fraction of sp³-hybridized carbons (Fsp3) is 0.667. The zero-order valence-electron chi connectivity index (χ0n) is 10.6. The Morgan fingerprint density at radius 2 is 1.94 bits per heavy atom. The molecular weight excluding hydrogens is 220 g/mol. The molecule has 1 aliphatic heterocycles. The second kappa shape index (κ2) is 5.82. The van der Waals surface area contributed by atoms with E-state index in [0.717, 1.165) is 25.9 Å². The lowest BCUT2D eigenvalue weighted by Crippen LogP contribution is -2.46. The van der Waals surface area contributed by atoms with Gasteiger partial charge in [-0.1, -0.05) is 0 Å². The van der Waals surface area contributed by atoms with E-state index < -0.39 is 5.97 Å². The minimum atomic E-state index is -1.04. The highest BCUT2D eigenvalue weighted by Crippen LogP contribution is 2.10. The molecule has 96 valence electrons. The van der Waals surface area contributed by atoms with Crippen molar-refractivity contribution >= 4 is 11.9 Å². The van der Waals surface area contributed by atoms with E-state index in [9.17, 15) is 9.59 Å². The molecule has 1 unspecified atom stereocenters. The first kappa shape index (κ1) is 13.7. The predicted molar refractivity (Wildman–Crippen MR) is 64.7 cm³/mol. The minimum absolute atomic E-state index is 0.103. The number of carbonyl (C=O) groups excluding carboxylic acids is 1. The maximum atomic E-state index is 11.8. The number of amides is 1. The van der Waals surface area contributed by atoms with Crippen molar-refractivity contribution in [2.75, 3.05) is 20.1 Å². The highest BCUT2D eigenvalue weighted by atomic mass is 16.4. The second-order valence-electron chi connectivity index (χ2n) is 4.63. The predicted octanol–water partition coefficient (Wildman–Crippen LogP) is 0.618. The number of carboxylic acids is 1. The van der Waals surface area contributed by atoms with Crippen LogP contribution in [0.15, 0.2) is 11.1 Å². The number of rotatable bonds is 3. The van der Waals surface area contributed by atoms with Gasteiger partial charge in [0, 0.05) is 23.7 Å². The number of likely N-dealkylation sites (N-methyl/N-ethyl adjacent to an activating group) is 1. The zero-order chi connectivity index (χ0) is 13.0. The highest BCUT2D eigenvalue weighted by molar-refractivity contribution is 6.01. The van der Waals surface area contributed by atoms with Crippen molar-refractivity contribution in [2.45, 2.75) is 32.7 Å². The van der Waals surface area contributed by atoms with Crippen LogP contribution in [0, 0.1) is 0 Å². The van der Waals surface area contributed by atoms with Crippen LogP contribution in [0.5, 0.6) is 0 Å². The van der Waals surface area contributed by atoms with Gasteiger partial charge in [-0.25, -0.2) is 4.79 Å². The molecule has 0 aliphatic carbocycles. The highest BCUT2D eigenvalue weighted by Gasteiger charge is 2.20. The quantitative estimate of drug-likeness (QED) is 0.709. The van der Waals surface area contributed by atoms with E-state index in [1.807, 2.05) is 7.05 Å². The zero-order valence-corrected chi connectivity index (χ0v) is 10.6. The Kier molecular flexibility index (Phi) is 4.69. The standard InChI is InChI=1S/C12H20N2O3/c1-8(9(2)12(16)17)11(15)13-10-5-4-6-14(3)7-10/h10H,4-7H2,1-3H3,(H,13,15)(H,16,17). The van der Waals surface area contributed by atoms with Crippen LogP contribution in [-0.4, -0.2) is 48.1 Å². The van der Waals surface area contributed by atoms with Crippen LogP contribution >= 0.6 is 0 Å². The van der Waals surface area contributed by atoms with E-state index in [2.05, 4.69) is 10.2 Å². The van der Waals surface area contributed by atoms with Crippen LogP contribution in [0.25, 0.3) is 0 Å². The molecule has 0 radical (unpaired) electrons. The summed E-state index contributed by atoms with van der Waals surface area (Å²) >= 11 is 0. The van der Waals surface area contributed by atoms with Gasteiger partial charge in [0.05, 0.1) is 0 Å². The number of hydrogen-bond donors (Lipinski definition) is 2. The maximum absolute atomic E-state index is 11.8. The molecule has 0 aromatic carbocycles. The van der Waals surface area contributed by atoms with Gasteiger partial charge >= 0.3 is 5.97 Å². The van der Waals surface area contributed by atoms with E-state index >= 15 is 0 Å². The average molecular weight is 240 g/mol. The van der Waals surface area contributed by atoms with Crippen molar-refractivity contribution in [3.8, 4) is 0 Å². The summed E-state index contributed by atoms with van der Waals surface area (Å²) in [6.45, 7) is 4.87. The molecule has 0 saturated carbocycles. The number of nitrogens with one attached hydrogen (secondary N) is 1. The molecule has 1 heterocycles. The molecule has 1 rings (SSSR count). The van der Waals surface area contributed by atoms with E-state index in [1.54, 1.807) is 6.92 Å². The summed E-state index contributed by atoms with van der Waals surface area (Å²) in [5.74, 6) is -1.32. The number of carbonyl (C=O) groups is 2. The van der Waals surface area contributed by atoms with Gasteiger partial charge in [-0.2, -0.15) is 0 Å². The number of nitrogens with zero attached hydrogens (tertiary/aromatic N) is 1. The van der Waals surface area contributed by atoms with Gasteiger partial charge in [-0.15, -0.1) is 0 Å². The molecule has 0 spiro atoms. The Labute approximate surface area is 101 Å². The monoisotopic (exact) mass is 240 g/mol. The number of carboxylic acid groups (broad SMARTS) is 1. The Morgan fingerprint density at radius 1 is 1.29 bits per heavy atom. The maximum Gasteiger partial charge on any atom is 0.331 e. The van der Waals surface area contributed by atoms with Gasteiger partial charge in [-0.05, 0) is 40.3 Å². The van der Waals surface area contributed by atoms with Crippen molar-refractivity contribution in [3.05, 3.63) is 11.1 Å². The molecule has 2 N–H and O–H groups in total. The van der Waals surface area contributed by atoms with Gasteiger partial charge in [0.1, 0.15) is 0 Å². The lowest BCUT2D eigenvalue weighted by Gasteiger charge is -2.30. The molecule has 1 aliphatic rings. The molecular formula is C12H20N2O3. The number of aliphatic carboxylic acids is 1. The number of likely N-dealkylation sites (tertiary alicyclic amines) is 1. The van der Waals surface area contributed by atoms with Crippen LogP contribution in [0.1, 0.15) is 26.7 Å². The lowest BCUT2D eigenvalue weighted by molar-refractivity contribution is -0.133. The number of hydrogen-bond acceptors (Lipinski definition) is 3. The smallest absolute Gasteiger partial charge is 0.331 e. The molecule has 17 heavy (non-hydrogen) atoms. The van der Waals surface area contributed by atoms with Crippen molar-refractivity contribution < 1.29 is 14.7 Å². The fourth-order valence-corrected chi connectivity index (χ4v) is 1.91. The van der Waals surface area contributed by atoms with Crippen molar-refractivity contribution in [2.24, 2.45) is 0 Å². The Bertz CT molecular complexity index is 350. The van der Waals surface area contributed by atoms with Crippen molar-refractivity contribution in [3.63, 3.8) is 0 Å². The van der Waals surface area contributed by atoms with Crippen LogP contribution < -0.4 is 5.32 Å². The third kappa shape index (κ3) is 3.85. The third-order valence-corrected chi connectivity index (χ3v) is 3.18. The Morgan fingerprint density at radius 3 is 2.47 bits per heavy atom. The minimum Gasteiger partial charge on any atom is -0.478 e. The van der Waals surface area contributed by atoms with Gasteiger partial charge < -0.3 is 15.3 Å². The topological polar surface area (TPSA) is 69.6 Å². The summed E-state index contributed by atoms with van der Waals surface area (Å²) in [6.07, 6.45) is 2.01. The van der Waals surface area contributed by atoms with Crippen LogP contribution in [0.4, 0.5) is 0 Å². The summed E-state index contributed by atoms with van der Waals surface area (Å²) in [6, 6.07) is 0.123. The van der Waals surface area contributed by atoms with Crippen LogP contribution in [-0.2, 0) is 9.59 Å². The van der Waals surface area contributed by atoms with E-state index in [4.69, 9.17) is 5.11 Å². The molecule has 1 amide bonds. The fourth-order valence-electron chi connectivity index (χ4n) is 1.91. The van der Waals surface area contributed by atoms with Gasteiger partial charge in [0.25, 0.3) is 0 Å². The average Bonchev–Trinajstić information content (AvgIpc) is 2.26. The normalized spacial score (nSPS) is 22.9. The molecule has 1 saturated heterocycles. The van der Waals surface area contributed by atoms with E-state index in [1.165, 1.54) is 6.92 Å². The molecule has 0 aromatic rings. The van der Waals surface area contributed by atoms with Gasteiger partial charge in [-0.3, -0.25) is 4.79 Å². The largest absolute Gasteiger partial charge is 0.478 e. The first-order valence-corrected chi connectivity index (χ1v) is 5.82. The summed E-state index contributed by atoms with van der Waals surface area (Å²) < 4.78 is 0. The second-order valence-corrected chi connectivity index (χ2v) is 4.63. The Balaban J connectivity index is 2.60. The third-order valence-electron chi connectivity index (χ3n) is 3.18. The first-order valence-electron chi connectivity index (χ1n) is 5.82. The van der Waals surface area contributed by atoms with Crippen molar-refractivity contribution in [1.29, 1.82) is 0 Å². The summed E-state index contributed by atoms with van der Waals surface area (Å²) in [5.41, 5.74) is 0.386. The molecule has 0 bridgehead atoms. The molecule has 1 atom stereocenters. The molecule has 5 heteroatoms. The molecule has 1 fully saturated rings. The first-order chi connectivity index (χ1) is 7.91. The van der Waals surface area contributed by atoms with Gasteiger partial charge in [0.15, 0.2) is 0 Å². The summed E-state index contributed by atoms with van der Waals surface area (Å²) in [7, 11) is 2.02. The van der Waals surface area contributed by atoms with E-state index in [0.29, 0.717) is 0 Å². The lowest BCUT2D eigenvalue weighted by atomic mass is 10.0. The number of piperidine rings is 1. The van der Waals surface area contributed by atoms with Crippen molar-refractivity contribution in [1.82, 2.24) is 10.2 Å².